The Bertz CT molecular complexity index is 566. The lowest BCUT2D eigenvalue weighted by molar-refractivity contribution is -0.212. The standard InChI is InChI=1S/C21H31NO4/c1-3-12-22-25-16-17(2)26-20-9-7-18(8-10-20)15-19-6-4-5-11-21(19)23-13-14-24-21/h7-10,12,17,19H,3-6,11,13-16H2,1-2H3/b22-12-/t17-,19?/m1/s1. The molecule has 1 aromatic carbocycles. The van der Waals surface area contributed by atoms with Crippen LogP contribution in [0.5, 0.6) is 5.75 Å². The van der Waals surface area contributed by atoms with Gasteiger partial charge in [0.1, 0.15) is 11.9 Å². The number of hydrogen-bond donors (Lipinski definition) is 0. The highest BCUT2D eigenvalue weighted by atomic mass is 16.7. The average molecular weight is 361 g/mol. The number of oxime groups is 1. The van der Waals surface area contributed by atoms with Crippen LogP contribution in [-0.2, 0) is 20.7 Å². The van der Waals surface area contributed by atoms with Crippen molar-refractivity contribution >= 4 is 6.21 Å². The van der Waals surface area contributed by atoms with Crippen LogP contribution in [0.2, 0.25) is 0 Å². The fraction of sp³-hybridized carbons (Fsp3) is 0.667. The van der Waals surface area contributed by atoms with E-state index in [0.29, 0.717) is 12.5 Å². The molecule has 26 heavy (non-hydrogen) atoms. The Kier molecular flexibility index (Phi) is 6.92. The molecule has 5 heteroatoms. The van der Waals surface area contributed by atoms with Gasteiger partial charge in [-0.05, 0) is 50.3 Å². The molecule has 0 aromatic heterocycles. The third-order valence-electron chi connectivity index (χ3n) is 5.11. The number of hydrogen-bond acceptors (Lipinski definition) is 5. The van der Waals surface area contributed by atoms with E-state index >= 15 is 0 Å². The van der Waals surface area contributed by atoms with Gasteiger partial charge in [0.15, 0.2) is 12.4 Å². The summed E-state index contributed by atoms with van der Waals surface area (Å²) in [7, 11) is 0. The molecule has 5 nitrogen and oxygen atoms in total. The van der Waals surface area contributed by atoms with Gasteiger partial charge < -0.3 is 19.0 Å². The summed E-state index contributed by atoms with van der Waals surface area (Å²) in [6.45, 7) is 5.90. The highest BCUT2D eigenvalue weighted by Gasteiger charge is 2.45. The van der Waals surface area contributed by atoms with E-state index in [1.54, 1.807) is 6.21 Å². The quantitative estimate of drug-likeness (QED) is 0.510. The summed E-state index contributed by atoms with van der Waals surface area (Å²) < 4.78 is 17.9. The molecule has 144 valence electrons. The van der Waals surface area contributed by atoms with Gasteiger partial charge in [-0.25, -0.2) is 0 Å². The zero-order valence-corrected chi connectivity index (χ0v) is 16.0. The van der Waals surface area contributed by atoms with Gasteiger partial charge in [0.25, 0.3) is 0 Å². The molecule has 1 spiro atoms. The lowest BCUT2D eigenvalue weighted by atomic mass is 9.79. The molecule has 1 saturated carbocycles. The number of ether oxygens (including phenoxy) is 3. The summed E-state index contributed by atoms with van der Waals surface area (Å²) in [4.78, 5) is 5.20. The Morgan fingerprint density at radius 2 is 2.00 bits per heavy atom. The third-order valence-corrected chi connectivity index (χ3v) is 5.11. The Morgan fingerprint density at radius 3 is 2.73 bits per heavy atom. The van der Waals surface area contributed by atoms with Crippen LogP contribution in [0.15, 0.2) is 29.4 Å². The molecule has 0 radical (unpaired) electrons. The smallest absolute Gasteiger partial charge is 0.171 e. The van der Waals surface area contributed by atoms with Crippen molar-refractivity contribution in [3.63, 3.8) is 0 Å². The topological polar surface area (TPSA) is 49.3 Å². The molecule has 2 aliphatic rings. The minimum atomic E-state index is -0.335. The van der Waals surface area contributed by atoms with E-state index < -0.39 is 0 Å². The van der Waals surface area contributed by atoms with E-state index in [1.807, 2.05) is 26.0 Å². The molecule has 1 aromatic rings. The third kappa shape index (κ3) is 4.98. The van der Waals surface area contributed by atoms with Crippen molar-refractivity contribution in [1.82, 2.24) is 0 Å². The first-order chi connectivity index (χ1) is 12.7. The predicted molar refractivity (Wildman–Crippen MR) is 102 cm³/mol. The first-order valence-electron chi connectivity index (χ1n) is 9.89. The van der Waals surface area contributed by atoms with Crippen LogP contribution in [0.1, 0.15) is 51.5 Å². The van der Waals surface area contributed by atoms with Crippen LogP contribution in [0.25, 0.3) is 0 Å². The summed E-state index contributed by atoms with van der Waals surface area (Å²) in [6.07, 6.45) is 8.22. The Labute approximate surface area is 156 Å². The summed E-state index contributed by atoms with van der Waals surface area (Å²) >= 11 is 0. The minimum Gasteiger partial charge on any atom is -0.487 e. The highest BCUT2D eigenvalue weighted by Crippen LogP contribution is 2.42. The molecule has 1 heterocycles. The summed E-state index contributed by atoms with van der Waals surface area (Å²) in [5.41, 5.74) is 1.30. The number of rotatable bonds is 8. The molecule has 0 amide bonds. The second-order valence-corrected chi connectivity index (χ2v) is 7.22. The van der Waals surface area contributed by atoms with Crippen molar-refractivity contribution in [2.45, 2.75) is 64.3 Å². The van der Waals surface area contributed by atoms with E-state index in [0.717, 1.165) is 38.2 Å². The molecule has 1 aliphatic carbocycles. The Hall–Kier alpha value is -1.59. The van der Waals surface area contributed by atoms with Crippen LogP contribution in [0, 0.1) is 5.92 Å². The van der Waals surface area contributed by atoms with Crippen molar-refractivity contribution in [3.05, 3.63) is 29.8 Å². The zero-order chi connectivity index (χ0) is 18.2. The molecule has 2 atom stereocenters. The van der Waals surface area contributed by atoms with Crippen LogP contribution in [-0.4, -0.2) is 37.9 Å². The average Bonchev–Trinajstić information content (AvgIpc) is 3.12. The lowest BCUT2D eigenvalue weighted by Gasteiger charge is -2.39. The van der Waals surface area contributed by atoms with Gasteiger partial charge in [0.2, 0.25) is 0 Å². The van der Waals surface area contributed by atoms with Crippen LogP contribution < -0.4 is 4.74 Å². The van der Waals surface area contributed by atoms with Crippen LogP contribution >= 0.6 is 0 Å². The monoisotopic (exact) mass is 361 g/mol. The van der Waals surface area contributed by atoms with Crippen molar-refractivity contribution in [2.75, 3.05) is 19.8 Å². The lowest BCUT2D eigenvalue weighted by Crippen LogP contribution is -2.42. The van der Waals surface area contributed by atoms with E-state index in [4.69, 9.17) is 19.0 Å². The number of benzene rings is 1. The maximum Gasteiger partial charge on any atom is 0.171 e. The van der Waals surface area contributed by atoms with Gasteiger partial charge in [0, 0.05) is 18.6 Å². The molecule has 1 aliphatic heterocycles. The van der Waals surface area contributed by atoms with E-state index in [-0.39, 0.29) is 11.9 Å². The van der Waals surface area contributed by atoms with Gasteiger partial charge in [-0.1, -0.05) is 30.6 Å². The first kappa shape index (κ1) is 19.2. The maximum atomic E-state index is 6.03. The second-order valence-electron chi connectivity index (χ2n) is 7.22. The SMILES string of the molecule is CC/C=N\OC[C@@H](C)Oc1ccc(CC2CCCCC23OCCO3)cc1. The molecule has 2 fully saturated rings. The van der Waals surface area contributed by atoms with Gasteiger partial charge in [-0.15, -0.1) is 0 Å². The van der Waals surface area contributed by atoms with E-state index in [9.17, 15) is 0 Å². The Balaban J connectivity index is 1.51. The molecule has 1 saturated heterocycles. The minimum absolute atomic E-state index is 0.0447. The molecular weight excluding hydrogens is 330 g/mol. The van der Waals surface area contributed by atoms with Gasteiger partial charge in [-0.3, -0.25) is 0 Å². The fourth-order valence-corrected chi connectivity index (χ4v) is 3.82. The summed E-state index contributed by atoms with van der Waals surface area (Å²) in [5, 5.41) is 3.86. The van der Waals surface area contributed by atoms with E-state index in [1.165, 1.54) is 24.8 Å². The fourth-order valence-electron chi connectivity index (χ4n) is 3.82. The molecule has 0 N–H and O–H groups in total. The maximum absolute atomic E-state index is 6.03. The highest BCUT2D eigenvalue weighted by molar-refractivity contribution is 5.55. The largest absolute Gasteiger partial charge is 0.487 e. The van der Waals surface area contributed by atoms with Crippen molar-refractivity contribution in [1.29, 1.82) is 0 Å². The molecule has 3 rings (SSSR count). The molecule has 0 bridgehead atoms. The van der Waals surface area contributed by atoms with Crippen molar-refractivity contribution < 1.29 is 19.0 Å². The van der Waals surface area contributed by atoms with Gasteiger partial charge in [0.05, 0.1) is 13.2 Å². The van der Waals surface area contributed by atoms with Gasteiger partial charge in [-0.2, -0.15) is 0 Å². The Morgan fingerprint density at radius 1 is 1.23 bits per heavy atom. The van der Waals surface area contributed by atoms with E-state index in [2.05, 4.69) is 17.3 Å². The molecular formula is C21H31NO4. The normalized spacial score (nSPS) is 23.4. The van der Waals surface area contributed by atoms with Crippen LogP contribution in [0.3, 0.4) is 0 Å². The zero-order valence-electron chi connectivity index (χ0n) is 16.0. The number of nitrogens with zero attached hydrogens (tertiary/aromatic N) is 1. The summed E-state index contributed by atoms with van der Waals surface area (Å²) in [6, 6.07) is 8.37. The van der Waals surface area contributed by atoms with Crippen molar-refractivity contribution in [2.24, 2.45) is 11.1 Å². The first-order valence-corrected chi connectivity index (χ1v) is 9.89. The molecule has 1 unspecified atom stereocenters. The van der Waals surface area contributed by atoms with Crippen molar-refractivity contribution in [3.8, 4) is 5.75 Å². The van der Waals surface area contributed by atoms with Gasteiger partial charge >= 0.3 is 0 Å². The van der Waals surface area contributed by atoms with Crippen LogP contribution in [0.4, 0.5) is 0 Å². The second kappa shape index (κ2) is 9.38. The summed E-state index contributed by atoms with van der Waals surface area (Å²) in [5.74, 6) is 0.962. The predicted octanol–water partition coefficient (Wildman–Crippen LogP) is 4.34.